The second kappa shape index (κ2) is 5.06. The highest BCUT2D eigenvalue weighted by molar-refractivity contribution is 5.82. The van der Waals surface area contributed by atoms with Gasteiger partial charge in [0.05, 0.1) is 11.2 Å². The Morgan fingerprint density at radius 3 is 2.75 bits per heavy atom. The lowest BCUT2D eigenvalue weighted by molar-refractivity contribution is 0.604. The zero-order valence-electron chi connectivity index (χ0n) is 12.0. The number of imidazole rings is 1. The Kier molecular flexibility index (Phi) is 3.24. The van der Waals surface area contributed by atoms with E-state index in [1.54, 1.807) is 0 Å². The van der Waals surface area contributed by atoms with E-state index in [-0.39, 0.29) is 6.04 Å². The van der Waals surface area contributed by atoms with E-state index in [4.69, 9.17) is 4.98 Å². The van der Waals surface area contributed by atoms with Gasteiger partial charge in [-0.2, -0.15) is 0 Å². The average molecular weight is 266 g/mol. The minimum Gasteiger partial charge on any atom is -0.336 e. The van der Waals surface area contributed by atoms with Crippen LogP contribution in [0.4, 0.5) is 0 Å². The molecule has 0 aliphatic rings. The molecule has 2 heterocycles. The van der Waals surface area contributed by atoms with E-state index in [2.05, 4.69) is 35.4 Å². The molecule has 0 fully saturated rings. The maximum Gasteiger partial charge on any atom is 0.131 e. The number of hydrogen-bond donors (Lipinski definition) is 1. The number of para-hydroxylation sites is 1. The van der Waals surface area contributed by atoms with E-state index in [1.165, 1.54) is 10.9 Å². The zero-order chi connectivity index (χ0) is 14.1. The summed E-state index contributed by atoms with van der Waals surface area (Å²) >= 11 is 0. The molecule has 0 amide bonds. The Bertz CT molecular complexity index is 745. The van der Waals surface area contributed by atoms with E-state index in [0.717, 1.165) is 17.0 Å². The molecular weight excluding hydrogens is 248 g/mol. The molecule has 1 aromatic carbocycles. The number of aromatic nitrogens is 3. The first kappa shape index (κ1) is 12.8. The molecule has 0 bridgehead atoms. The van der Waals surface area contributed by atoms with Gasteiger partial charge in [-0.15, -0.1) is 0 Å². The molecule has 0 radical (unpaired) electrons. The van der Waals surface area contributed by atoms with E-state index in [1.807, 2.05) is 43.2 Å². The van der Waals surface area contributed by atoms with Gasteiger partial charge in [-0.1, -0.05) is 18.2 Å². The fourth-order valence-corrected chi connectivity index (χ4v) is 2.59. The van der Waals surface area contributed by atoms with Crippen molar-refractivity contribution in [2.45, 2.75) is 13.0 Å². The fourth-order valence-electron chi connectivity index (χ4n) is 2.59. The molecule has 4 heteroatoms. The van der Waals surface area contributed by atoms with Crippen LogP contribution in [-0.4, -0.2) is 21.6 Å². The summed E-state index contributed by atoms with van der Waals surface area (Å²) in [5, 5.41) is 4.51. The lowest BCUT2D eigenvalue weighted by atomic mass is 10.1. The van der Waals surface area contributed by atoms with Crippen LogP contribution in [0.5, 0.6) is 0 Å². The first-order chi connectivity index (χ1) is 9.70. The molecule has 102 valence electrons. The van der Waals surface area contributed by atoms with Crippen LogP contribution < -0.4 is 5.32 Å². The molecule has 3 aromatic rings. The summed E-state index contributed by atoms with van der Waals surface area (Å²) in [6, 6.07) is 10.4. The van der Waals surface area contributed by atoms with Crippen LogP contribution >= 0.6 is 0 Å². The van der Waals surface area contributed by atoms with Gasteiger partial charge in [0, 0.05) is 24.8 Å². The normalized spacial score (nSPS) is 12.8. The van der Waals surface area contributed by atoms with Crippen LogP contribution in [0.1, 0.15) is 23.1 Å². The van der Waals surface area contributed by atoms with Crippen LogP contribution in [0.15, 0.2) is 42.7 Å². The number of nitrogens with zero attached hydrogens (tertiary/aromatic N) is 3. The minimum absolute atomic E-state index is 0.00157. The molecule has 0 saturated carbocycles. The number of pyridine rings is 1. The van der Waals surface area contributed by atoms with Crippen LogP contribution in [0.3, 0.4) is 0 Å². The maximum atomic E-state index is 4.79. The van der Waals surface area contributed by atoms with E-state index in [9.17, 15) is 0 Å². The summed E-state index contributed by atoms with van der Waals surface area (Å²) in [7, 11) is 3.94. The summed E-state index contributed by atoms with van der Waals surface area (Å²) in [4.78, 5) is 9.22. The van der Waals surface area contributed by atoms with Crippen molar-refractivity contribution in [2.24, 2.45) is 7.05 Å². The minimum atomic E-state index is -0.00157. The summed E-state index contributed by atoms with van der Waals surface area (Å²) < 4.78 is 2.02. The predicted molar refractivity (Wildman–Crippen MR) is 80.6 cm³/mol. The number of rotatable bonds is 3. The Morgan fingerprint density at radius 2 is 2.05 bits per heavy atom. The lowest BCUT2D eigenvalue weighted by Crippen LogP contribution is -2.22. The Hall–Kier alpha value is -2.20. The molecule has 20 heavy (non-hydrogen) atoms. The van der Waals surface area contributed by atoms with Crippen molar-refractivity contribution in [3.05, 3.63) is 59.8 Å². The van der Waals surface area contributed by atoms with Crippen molar-refractivity contribution in [2.75, 3.05) is 7.05 Å². The second-order valence-corrected chi connectivity index (χ2v) is 5.00. The molecular formula is C16H18N4. The average Bonchev–Trinajstić information content (AvgIpc) is 2.86. The van der Waals surface area contributed by atoms with Gasteiger partial charge in [0.1, 0.15) is 11.9 Å². The Balaban J connectivity index is 2.15. The summed E-state index contributed by atoms with van der Waals surface area (Å²) in [5.41, 5.74) is 3.26. The number of hydrogen-bond acceptors (Lipinski definition) is 3. The van der Waals surface area contributed by atoms with Gasteiger partial charge >= 0.3 is 0 Å². The summed E-state index contributed by atoms with van der Waals surface area (Å²) in [6.07, 6.45) is 3.77. The topological polar surface area (TPSA) is 42.7 Å². The Morgan fingerprint density at radius 1 is 1.25 bits per heavy atom. The van der Waals surface area contributed by atoms with Crippen LogP contribution in [-0.2, 0) is 7.05 Å². The van der Waals surface area contributed by atoms with Crippen LogP contribution in [0.25, 0.3) is 10.9 Å². The monoisotopic (exact) mass is 266 g/mol. The van der Waals surface area contributed by atoms with Crippen molar-refractivity contribution in [3.8, 4) is 0 Å². The van der Waals surface area contributed by atoms with Gasteiger partial charge in [-0.05, 0) is 31.7 Å². The highest BCUT2D eigenvalue weighted by Gasteiger charge is 2.18. The van der Waals surface area contributed by atoms with Gasteiger partial charge in [0.15, 0.2) is 0 Å². The fraction of sp³-hybridized carbons (Fsp3) is 0.250. The second-order valence-electron chi connectivity index (χ2n) is 5.00. The quantitative estimate of drug-likeness (QED) is 0.792. The molecule has 1 atom stereocenters. The summed E-state index contributed by atoms with van der Waals surface area (Å²) in [6.45, 7) is 2.12. The van der Waals surface area contributed by atoms with Crippen molar-refractivity contribution in [1.82, 2.24) is 19.9 Å². The SMILES string of the molecule is CNC(c1cc(C)c2ccccc2n1)c1nccn1C. The largest absolute Gasteiger partial charge is 0.336 e. The molecule has 0 spiro atoms. The number of fused-ring (bicyclic) bond motifs is 1. The highest BCUT2D eigenvalue weighted by atomic mass is 15.1. The van der Waals surface area contributed by atoms with Crippen molar-refractivity contribution < 1.29 is 0 Å². The molecule has 1 unspecified atom stereocenters. The maximum absolute atomic E-state index is 4.79. The number of nitrogens with one attached hydrogen (secondary N) is 1. The standard InChI is InChI=1S/C16H18N4/c1-11-10-14(19-13-7-5-4-6-12(11)13)15(17-2)16-18-8-9-20(16)3/h4-10,15,17H,1-3H3. The molecule has 0 saturated heterocycles. The van der Waals surface area contributed by atoms with Gasteiger partial charge in [-0.3, -0.25) is 4.98 Å². The number of aryl methyl sites for hydroxylation is 2. The smallest absolute Gasteiger partial charge is 0.131 e. The third kappa shape index (κ3) is 2.08. The molecule has 0 aliphatic heterocycles. The van der Waals surface area contributed by atoms with Gasteiger partial charge in [-0.25, -0.2) is 4.98 Å². The lowest BCUT2D eigenvalue weighted by Gasteiger charge is -2.17. The van der Waals surface area contributed by atoms with E-state index in [0.29, 0.717) is 0 Å². The summed E-state index contributed by atoms with van der Waals surface area (Å²) in [5.74, 6) is 0.967. The first-order valence-corrected chi connectivity index (χ1v) is 6.71. The van der Waals surface area contributed by atoms with Gasteiger partial charge in [0.25, 0.3) is 0 Å². The molecule has 4 nitrogen and oxygen atoms in total. The predicted octanol–water partition coefficient (Wildman–Crippen LogP) is 2.59. The molecule has 2 aromatic heterocycles. The molecule has 1 N–H and O–H groups in total. The zero-order valence-corrected chi connectivity index (χ0v) is 12.0. The first-order valence-electron chi connectivity index (χ1n) is 6.71. The number of benzene rings is 1. The highest BCUT2D eigenvalue weighted by Crippen LogP contribution is 2.24. The third-order valence-electron chi connectivity index (χ3n) is 3.64. The van der Waals surface area contributed by atoms with Gasteiger partial charge < -0.3 is 9.88 Å². The van der Waals surface area contributed by atoms with Crippen molar-refractivity contribution in [3.63, 3.8) is 0 Å². The van der Waals surface area contributed by atoms with Crippen LogP contribution in [0, 0.1) is 6.92 Å². The van der Waals surface area contributed by atoms with Crippen molar-refractivity contribution >= 4 is 10.9 Å². The van der Waals surface area contributed by atoms with E-state index < -0.39 is 0 Å². The van der Waals surface area contributed by atoms with Crippen molar-refractivity contribution in [1.29, 1.82) is 0 Å². The molecule has 0 aliphatic carbocycles. The van der Waals surface area contributed by atoms with Crippen LogP contribution in [0.2, 0.25) is 0 Å². The Labute approximate surface area is 118 Å². The van der Waals surface area contributed by atoms with E-state index >= 15 is 0 Å². The molecule has 3 rings (SSSR count). The van der Waals surface area contributed by atoms with Gasteiger partial charge in [0.2, 0.25) is 0 Å². The third-order valence-corrected chi connectivity index (χ3v) is 3.64.